The van der Waals surface area contributed by atoms with E-state index in [1.807, 2.05) is 19.1 Å². The zero-order valence-electron chi connectivity index (χ0n) is 14.6. The van der Waals surface area contributed by atoms with Crippen LogP contribution in [0.1, 0.15) is 18.9 Å². The molecule has 2 aromatic carbocycles. The largest absolute Gasteiger partial charge is 0.495 e. The second kappa shape index (κ2) is 7.62. The Morgan fingerprint density at radius 3 is 2.38 bits per heavy atom. The van der Waals surface area contributed by atoms with Gasteiger partial charge in [0.1, 0.15) is 11.4 Å². The Balaban J connectivity index is 2.09. The lowest BCUT2D eigenvalue weighted by Crippen LogP contribution is -2.33. The van der Waals surface area contributed by atoms with Crippen LogP contribution in [0.2, 0.25) is 5.02 Å². The maximum atomic E-state index is 12.9. The molecule has 2 amide bonds. The van der Waals surface area contributed by atoms with Gasteiger partial charge in [-0.15, -0.1) is 0 Å². The zero-order chi connectivity index (χ0) is 18.7. The smallest absolute Gasteiger partial charge is 0.278 e. The zero-order valence-corrected chi connectivity index (χ0v) is 15.3. The summed E-state index contributed by atoms with van der Waals surface area (Å²) in [5.41, 5.74) is 1.85. The number of imide groups is 1. The van der Waals surface area contributed by atoms with E-state index in [4.69, 9.17) is 16.3 Å². The first-order valence-electron chi connectivity index (χ1n) is 8.33. The van der Waals surface area contributed by atoms with E-state index >= 15 is 0 Å². The summed E-state index contributed by atoms with van der Waals surface area (Å²) in [6, 6.07) is 14.1. The molecular weight excluding hydrogens is 352 g/mol. The molecule has 0 spiro atoms. The summed E-state index contributed by atoms with van der Waals surface area (Å²) >= 11 is 5.96. The molecule has 0 atom stereocenters. The molecule has 0 bridgehead atoms. The van der Waals surface area contributed by atoms with Gasteiger partial charge < -0.3 is 10.1 Å². The monoisotopic (exact) mass is 370 g/mol. The molecular formula is C20H19ClN2O3. The number of hydrogen-bond acceptors (Lipinski definition) is 4. The summed E-state index contributed by atoms with van der Waals surface area (Å²) in [4.78, 5) is 27.0. The first-order chi connectivity index (χ1) is 12.6. The number of nitrogens with one attached hydrogen (secondary N) is 1. The molecule has 1 N–H and O–H groups in total. The minimum Gasteiger partial charge on any atom is -0.495 e. The SMILES string of the molecule is CCCN1C(=O)C(Nc2ccccc2OC)=C(c2ccc(Cl)cc2)C1=O. The van der Waals surface area contributed by atoms with Crippen LogP contribution in [0.5, 0.6) is 5.75 Å². The molecule has 0 saturated heterocycles. The van der Waals surface area contributed by atoms with Crippen LogP contribution in [0.3, 0.4) is 0 Å². The molecule has 26 heavy (non-hydrogen) atoms. The fraction of sp³-hybridized carbons (Fsp3) is 0.200. The fourth-order valence-corrected chi connectivity index (χ4v) is 3.01. The molecule has 2 aromatic rings. The molecule has 0 aromatic heterocycles. The van der Waals surface area contributed by atoms with Gasteiger partial charge in [-0.2, -0.15) is 0 Å². The second-order valence-electron chi connectivity index (χ2n) is 5.84. The van der Waals surface area contributed by atoms with Crippen LogP contribution in [0.25, 0.3) is 5.57 Å². The summed E-state index contributed by atoms with van der Waals surface area (Å²) in [5, 5.41) is 3.67. The van der Waals surface area contributed by atoms with E-state index in [2.05, 4.69) is 5.32 Å². The highest BCUT2D eigenvalue weighted by Crippen LogP contribution is 2.33. The fourth-order valence-electron chi connectivity index (χ4n) is 2.89. The number of hydrogen-bond donors (Lipinski definition) is 1. The summed E-state index contributed by atoms with van der Waals surface area (Å²) in [7, 11) is 1.56. The molecule has 1 aliphatic heterocycles. The average molecular weight is 371 g/mol. The molecule has 0 aliphatic carbocycles. The Labute approximate surface area is 157 Å². The third-order valence-electron chi connectivity index (χ3n) is 4.11. The summed E-state index contributed by atoms with van der Waals surface area (Å²) in [5.74, 6) is -0.0612. The number of rotatable bonds is 6. The van der Waals surface area contributed by atoms with E-state index in [0.717, 1.165) is 0 Å². The molecule has 6 heteroatoms. The van der Waals surface area contributed by atoms with E-state index in [-0.39, 0.29) is 17.5 Å². The molecule has 134 valence electrons. The number of ether oxygens (including phenoxy) is 1. The number of para-hydroxylation sites is 2. The van der Waals surface area contributed by atoms with Crippen molar-refractivity contribution in [1.29, 1.82) is 0 Å². The van der Waals surface area contributed by atoms with E-state index in [1.165, 1.54) is 4.90 Å². The van der Waals surface area contributed by atoms with Crippen molar-refractivity contribution in [2.45, 2.75) is 13.3 Å². The predicted octanol–water partition coefficient (Wildman–Crippen LogP) is 3.95. The molecule has 1 aliphatic rings. The summed E-state index contributed by atoms with van der Waals surface area (Å²) in [6.07, 6.45) is 0.688. The van der Waals surface area contributed by atoms with E-state index in [9.17, 15) is 9.59 Å². The predicted molar refractivity (Wildman–Crippen MR) is 102 cm³/mol. The number of nitrogens with zero attached hydrogens (tertiary/aromatic N) is 1. The molecule has 0 unspecified atom stereocenters. The second-order valence-corrected chi connectivity index (χ2v) is 6.28. The van der Waals surface area contributed by atoms with Crippen LogP contribution in [0.4, 0.5) is 5.69 Å². The van der Waals surface area contributed by atoms with Gasteiger partial charge in [0.05, 0.1) is 18.4 Å². The lowest BCUT2D eigenvalue weighted by Gasteiger charge is -2.14. The Morgan fingerprint density at radius 1 is 1.04 bits per heavy atom. The van der Waals surface area contributed by atoms with Gasteiger partial charge in [0, 0.05) is 11.6 Å². The van der Waals surface area contributed by atoms with Gasteiger partial charge in [-0.3, -0.25) is 14.5 Å². The highest BCUT2D eigenvalue weighted by atomic mass is 35.5. The summed E-state index contributed by atoms with van der Waals surface area (Å²) < 4.78 is 5.34. The van der Waals surface area contributed by atoms with Crippen molar-refractivity contribution in [3.05, 3.63) is 64.8 Å². The van der Waals surface area contributed by atoms with Gasteiger partial charge in [-0.25, -0.2) is 0 Å². The van der Waals surface area contributed by atoms with Crippen LogP contribution >= 0.6 is 11.6 Å². The average Bonchev–Trinajstić information content (AvgIpc) is 2.88. The Kier molecular flexibility index (Phi) is 5.28. The number of anilines is 1. The molecule has 0 fully saturated rings. The molecule has 0 radical (unpaired) electrons. The van der Waals surface area contributed by atoms with Crippen LogP contribution < -0.4 is 10.1 Å². The van der Waals surface area contributed by atoms with Crippen molar-refractivity contribution in [2.75, 3.05) is 19.0 Å². The number of amides is 2. The minimum atomic E-state index is -0.340. The highest BCUT2D eigenvalue weighted by molar-refractivity contribution is 6.37. The summed E-state index contributed by atoms with van der Waals surface area (Å²) in [6.45, 7) is 2.29. The van der Waals surface area contributed by atoms with Gasteiger partial charge in [0.15, 0.2) is 0 Å². The van der Waals surface area contributed by atoms with Gasteiger partial charge in [0.25, 0.3) is 11.8 Å². The highest BCUT2D eigenvalue weighted by Gasteiger charge is 2.38. The van der Waals surface area contributed by atoms with Gasteiger partial charge in [0.2, 0.25) is 0 Å². The Morgan fingerprint density at radius 2 is 1.73 bits per heavy atom. The van der Waals surface area contributed by atoms with Crippen molar-refractivity contribution in [3.8, 4) is 5.75 Å². The number of benzene rings is 2. The quantitative estimate of drug-likeness (QED) is 0.782. The van der Waals surface area contributed by atoms with E-state index < -0.39 is 0 Å². The third-order valence-corrected chi connectivity index (χ3v) is 4.37. The lowest BCUT2D eigenvalue weighted by molar-refractivity contribution is -0.136. The number of halogens is 1. The number of carbonyl (C=O) groups is 2. The maximum Gasteiger partial charge on any atom is 0.278 e. The normalized spacial score (nSPS) is 14.2. The lowest BCUT2D eigenvalue weighted by atomic mass is 10.0. The van der Waals surface area contributed by atoms with Gasteiger partial charge in [-0.05, 0) is 36.2 Å². The maximum absolute atomic E-state index is 12.9. The van der Waals surface area contributed by atoms with Gasteiger partial charge in [-0.1, -0.05) is 42.8 Å². The molecule has 5 nitrogen and oxygen atoms in total. The number of carbonyl (C=O) groups excluding carboxylic acids is 2. The van der Waals surface area contributed by atoms with Crippen LogP contribution in [-0.4, -0.2) is 30.4 Å². The van der Waals surface area contributed by atoms with Crippen molar-refractivity contribution >= 4 is 34.7 Å². The first-order valence-corrected chi connectivity index (χ1v) is 8.71. The Bertz CT molecular complexity index is 875. The van der Waals surface area contributed by atoms with Crippen LogP contribution in [-0.2, 0) is 9.59 Å². The molecule has 3 rings (SSSR count). The van der Waals surface area contributed by atoms with Crippen LogP contribution in [0, 0.1) is 0 Å². The van der Waals surface area contributed by atoms with E-state index in [1.54, 1.807) is 43.5 Å². The standard InChI is InChI=1S/C20H19ClN2O3/c1-3-12-23-19(24)17(13-8-10-14(21)11-9-13)18(20(23)25)22-15-6-4-5-7-16(15)26-2/h4-11,22H,3,12H2,1-2H3. The topological polar surface area (TPSA) is 58.6 Å². The molecule has 1 heterocycles. The van der Waals surface area contributed by atoms with Crippen LogP contribution in [0.15, 0.2) is 54.2 Å². The van der Waals surface area contributed by atoms with E-state index in [0.29, 0.717) is 40.6 Å². The van der Waals surface area contributed by atoms with Crippen molar-refractivity contribution in [2.24, 2.45) is 0 Å². The minimum absolute atomic E-state index is 0.246. The van der Waals surface area contributed by atoms with Gasteiger partial charge >= 0.3 is 0 Å². The number of methoxy groups -OCH3 is 1. The first kappa shape index (κ1) is 18.0. The molecule has 0 saturated carbocycles. The Hall–Kier alpha value is -2.79. The van der Waals surface area contributed by atoms with Crippen molar-refractivity contribution < 1.29 is 14.3 Å². The third kappa shape index (κ3) is 3.30. The van der Waals surface area contributed by atoms with Crippen molar-refractivity contribution in [1.82, 2.24) is 4.90 Å². The van der Waals surface area contributed by atoms with Crippen molar-refractivity contribution in [3.63, 3.8) is 0 Å².